The Kier molecular flexibility index (Phi) is 2.72. The van der Waals surface area contributed by atoms with Crippen molar-refractivity contribution in [3.05, 3.63) is 65.0 Å². The van der Waals surface area contributed by atoms with Gasteiger partial charge in [-0.1, -0.05) is 23.5 Å². The lowest BCUT2D eigenvalue weighted by atomic mass is 10.2. The monoisotopic (exact) mass is 295 g/mol. The second kappa shape index (κ2) is 4.71. The second-order valence-corrected chi connectivity index (χ2v) is 5.50. The van der Waals surface area contributed by atoms with E-state index in [1.165, 1.54) is 17.4 Å². The number of rotatable bonds is 2. The number of benzene rings is 2. The number of fused-ring (bicyclic) bond motifs is 2. The first-order valence-electron chi connectivity index (χ1n) is 6.35. The number of hydrogen-bond donors (Lipinski definition) is 0. The first-order chi connectivity index (χ1) is 10.3. The molecule has 21 heavy (non-hydrogen) atoms. The van der Waals surface area contributed by atoms with E-state index in [1.54, 1.807) is 12.1 Å². The Morgan fingerprint density at radius 3 is 2.81 bits per heavy atom. The van der Waals surface area contributed by atoms with Crippen molar-refractivity contribution in [1.29, 1.82) is 0 Å². The maximum atomic E-state index is 11.3. The van der Waals surface area contributed by atoms with Gasteiger partial charge in [-0.25, -0.2) is 9.78 Å². The third kappa shape index (κ3) is 2.28. The van der Waals surface area contributed by atoms with Crippen molar-refractivity contribution >= 4 is 32.5 Å². The lowest BCUT2D eigenvalue weighted by Crippen LogP contribution is -1.94. The molecule has 0 saturated heterocycles. The van der Waals surface area contributed by atoms with Crippen LogP contribution in [0.3, 0.4) is 0 Å². The number of ether oxygens (including phenoxy) is 1. The first-order valence-corrected chi connectivity index (χ1v) is 7.17. The summed E-state index contributed by atoms with van der Waals surface area (Å²) >= 11 is 1.47. The van der Waals surface area contributed by atoms with Gasteiger partial charge < -0.3 is 9.15 Å². The Morgan fingerprint density at radius 2 is 1.90 bits per heavy atom. The topological polar surface area (TPSA) is 52.3 Å². The fraction of sp³-hybridized carbons (Fsp3) is 0. The molecule has 0 unspecified atom stereocenters. The van der Waals surface area contributed by atoms with Crippen molar-refractivity contribution < 1.29 is 9.15 Å². The molecule has 0 bridgehead atoms. The van der Waals surface area contributed by atoms with Gasteiger partial charge in [-0.3, -0.25) is 0 Å². The van der Waals surface area contributed by atoms with Gasteiger partial charge in [-0.15, -0.1) is 0 Å². The van der Waals surface area contributed by atoms with E-state index in [0.29, 0.717) is 16.5 Å². The van der Waals surface area contributed by atoms with E-state index >= 15 is 0 Å². The molecule has 0 saturated carbocycles. The smallest absolute Gasteiger partial charge is 0.336 e. The molecule has 0 amide bonds. The summed E-state index contributed by atoms with van der Waals surface area (Å²) in [5.74, 6) is 0.593. The summed E-state index contributed by atoms with van der Waals surface area (Å²) in [6.07, 6.45) is 0. The molecule has 0 radical (unpaired) electrons. The normalized spacial score (nSPS) is 11.0. The minimum atomic E-state index is -0.375. The maximum Gasteiger partial charge on any atom is 0.336 e. The van der Waals surface area contributed by atoms with Crippen LogP contribution in [0, 0.1) is 0 Å². The van der Waals surface area contributed by atoms with Gasteiger partial charge in [0, 0.05) is 17.5 Å². The Bertz CT molecular complexity index is 970. The Balaban J connectivity index is 1.74. The van der Waals surface area contributed by atoms with Crippen LogP contribution in [0.5, 0.6) is 10.9 Å². The van der Waals surface area contributed by atoms with Gasteiger partial charge in [0.05, 0.1) is 10.2 Å². The van der Waals surface area contributed by atoms with Crippen LogP contribution in [0.2, 0.25) is 0 Å². The highest BCUT2D eigenvalue weighted by Crippen LogP contribution is 2.32. The highest BCUT2D eigenvalue weighted by Gasteiger charge is 2.06. The van der Waals surface area contributed by atoms with Gasteiger partial charge in [0.25, 0.3) is 5.19 Å². The predicted molar refractivity (Wildman–Crippen MR) is 82.2 cm³/mol. The lowest BCUT2D eigenvalue weighted by molar-refractivity contribution is 0.478. The quantitative estimate of drug-likeness (QED) is 0.520. The predicted octanol–water partition coefficient (Wildman–Crippen LogP) is 4.20. The summed E-state index contributed by atoms with van der Waals surface area (Å²) in [6, 6.07) is 16.3. The highest BCUT2D eigenvalue weighted by atomic mass is 32.1. The van der Waals surface area contributed by atoms with Crippen LogP contribution in [0.4, 0.5) is 0 Å². The van der Waals surface area contributed by atoms with Crippen molar-refractivity contribution in [3.8, 4) is 10.9 Å². The number of hydrogen-bond acceptors (Lipinski definition) is 5. The molecule has 2 aromatic carbocycles. The van der Waals surface area contributed by atoms with Crippen LogP contribution in [0.25, 0.3) is 21.2 Å². The summed E-state index contributed by atoms with van der Waals surface area (Å²) in [5.41, 5.74) is 1.03. The van der Waals surface area contributed by atoms with E-state index in [4.69, 9.17) is 9.15 Å². The van der Waals surface area contributed by atoms with Crippen molar-refractivity contribution in [2.45, 2.75) is 0 Å². The zero-order valence-electron chi connectivity index (χ0n) is 10.8. The van der Waals surface area contributed by atoms with E-state index in [9.17, 15) is 4.79 Å². The summed E-state index contributed by atoms with van der Waals surface area (Å²) in [4.78, 5) is 15.7. The largest absolute Gasteiger partial charge is 0.431 e. The highest BCUT2D eigenvalue weighted by molar-refractivity contribution is 7.20. The van der Waals surface area contributed by atoms with Crippen LogP contribution in [-0.2, 0) is 0 Å². The average molecular weight is 295 g/mol. The van der Waals surface area contributed by atoms with Crippen LogP contribution in [-0.4, -0.2) is 4.98 Å². The molecule has 0 spiro atoms. The van der Waals surface area contributed by atoms with Gasteiger partial charge in [-0.2, -0.15) is 0 Å². The number of aromatic nitrogens is 1. The minimum Gasteiger partial charge on any atom is -0.431 e. The number of thiazole rings is 1. The SMILES string of the molecule is O=c1ccc2ccc(Oc3nc4ccccc4s3)cc2o1. The third-order valence-corrected chi connectivity index (χ3v) is 3.99. The molecule has 0 N–H and O–H groups in total. The summed E-state index contributed by atoms with van der Waals surface area (Å²) < 4.78 is 12.0. The number of nitrogens with zero attached hydrogens (tertiary/aromatic N) is 1. The Hall–Kier alpha value is -2.66. The Labute approximate surface area is 123 Å². The molecule has 4 aromatic rings. The lowest BCUT2D eigenvalue weighted by Gasteiger charge is -2.02. The van der Waals surface area contributed by atoms with Crippen LogP contribution in [0.15, 0.2) is 63.8 Å². The molecule has 0 aliphatic heterocycles. The van der Waals surface area contributed by atoms with Gasteiger partial charge in [0.1, 0.15) is 11.3 Å². The molecule has 4 nitrogen and oxygen atoms in total. The van der Waals surface area contributed by atoms with Crippen molar-refractivity contribution in [3.63, 3.8) is 0 Å². The van der Waals surface area contributed by atoms with Gasteiger partial charge in [-0.05, 0) is 30.3 Å². The molecule has 4 rings (SSSR count). The number of para-hydroxylation sites is 1. The fourth-order valence-corrected chi connectivity index (χ4v) is 2.93. The van der Waals surface area contributed by atoms with Gasteiger partial charge in [0.2, 0.25) is 0 Å². The third-order valence-electron chi connectivity index (χ3n) is 3.07. The molecule has 0 aliphatic rings. The van der Waals surface area contributed by atoms with E-state index in [1.807, 2.05) is 36.4 Å². The van der Waals surface area contributed by atoms with Crippen molar-refractivity contribution in [2.75, 3.05) is 0 Å². The zero-order chi connectivity index (χ0) is 14.2. The van der Waals surface area contributed by atoms with Crippen molar-refractivity contribution in [2.24, 2.45) is 0 Å². The van der Waals surface area contributed by atoms with Crippen LogP contribution in [0.1, 0.15) is 0 Å². The maximum absolute atomic E-state index is 11.3. The molecule has 102 valence electrons. The first kappa shape index (κ1) is 12.1. The molecule has 0 atom stereocenters. The van der Waals surface area contributed by atoms with E-state index in [-0.39, 0.29) is 5.63 Å². The summed E-state index contributed by atoms with van der Waals surface area (Å²) in [6.45, 7) is 0. The van der Waals surface area contributed by atoms with E-state index in [2.05, 4.69) is 4.98 Å². The molecule has 0 fully saturated rings. The van der Waals surface area contributed by atoms with Crippen LogP contribution >= 0.6 is 11.3 Å². The van der Waals surface area contributed by atoms with Gasteiger partial charge >= 0.3 is 5.63 Å². The molecule has 2 heterocycles. The van der Waals surface area contributed by atoms with Crippen LogP contribution < -0.4 is 10.4 Å². The van der Waals surface area contributed by atoms with Gasteiger partial charge in [0.15, 0.2) is 0 Å². The molecule has 2 aromatic heterocycles. The van der Waals surface area contributed by atoms with E-state index < -0.39 is 0 Å². The summed E-state index contributed by atoms with van der Waals surface area (Å²) in [7, 11) is 0. The average Bonchev–Trinajstić information content (AvgIpc) is 2.89. The fourth-order valence-electron chi connectivity index (χ4n) is 2.10. The second-order valence-electron chi connectivity index (χ2n) is 4.50. The minimum absolute atomic E-state index is 0.375. The standard InChI is InChI=1S/C16H9NO3S/c18-15-8-6-10-5-7-11(9-13(10)20-15)19-16-17-12-3-1-2-4-14(12)21-16/h1-9H. The summed E-state index contributed by atoms with van der Waals surface area (Å²) in [5, 5.41) is 1.42. The van der Waals surface area contributed by atoms with Crippen molar-refractivity contribution in [1.82, 2.24) is 4.98 Å². The molecular weight excluding hydrogens is 286 g/mol. The van der Waals surface area contributed by atoms with E-state index in [0.717, 1.165) is 15.6 Å². The molecular formula is C16H9NO3S. The zero-order valence-corrected chi connectivity index (χ0v) is 11.6. The Morgan fingerprint density at radius 1 is 1.05 bits per heavy atom. The molecule has 0 aliphatic carbocycles. The molecule has 5 heteroatoms.